The van der Waals surface area contributed by atoms with E-state index in [9.17, 15) is 17.6 Å². The van der Waals surface area contributed by atoms with Crippen LogP contribution < -0.4 is 9.47 Å². The number of aromatic nitrogens is 2. The number of hydrogen-bond donors (Lipinski definition) is 0. The molecule has 0 N–H and O–H groups in total. The molecule has 0 aliphatic carbocycles. The van der Waals surface area contributed by atoms with Gasteiger partial charge in [0.2, 0.25) is 0 Å². The first-order valence-corrected chi connectivity index (χ1v) is 7.06. The van der Waals surface area contributed by atoms with Gasteiger partial charge in [-0.05, 0) is 18.2 Å². The maximum atomic E-state index is 13.3. The minimum atomic E-state index is -3.76. The van der Waals surface area contributed by atoms with E-state index in [4.69, 9.17) is 0 Å². The highest BCUT2D eigenvalue weighted by atomic mass is 19.3. The molecule has 0 bridgehead atoms. The lowest BCUT2D eigenvalue weighted by molar-refractivity contribution is -0.286. The molecule has 0 atom stereocenters. The van der Waals surface area contributed by atoms with Gasteiger partial charge < -0.3 is 14.0 Å². The Kier molecular flexibility index (Phi) is 3.16. The van der Waals surface area contributed by atoms with Gasteiger partial charge in [-0.15, -0.1) is 8.78 Å². The average Bonchev–Trinajstić information content (AvgIpc) is 3.04. The van der Waals surface area contributed by atoms with Crippen molar-refractivity contribution in [1.29, 1.82) is 0 Å². The van der Waals surface area contributed by atoms with Crippen molar-refractivity contribution in [3.8, 4) is 11.5 Å². The Bertz CT molecular complexity index is 924. The Labute approximate surface area is 133 Å². The quantitative estimate of drug-likeness (QED) is 0.667. The fourth-order valence-electron chi connectivity index (χ4n) is 2.75. The van der Waals surface area contributed by atoms with E-state index in [0.717, 1.165) is 0 Å². The van der Waals surface area contributed by atoms with Gasteiger partial charge in [-0.25, -0.2) is 13.8 Å². The van der Waals surface area contributed by atoms with E-state index in [0.29, 0.717) is 16.6 Å². The van der Waals surface area contributed by atoms with Gasteiger partial charge in [0, 0.05) is 5.56 Å². The molecule has 0 amide bonds. The summed E-state index contributed by atoms with van der Waals surface area (Å²) in [5, 5.41) is 0. The first kappa shape index (κ1) is 14.8. The predicted molar refractivity (Wildman–Crippen MR) is 76.4 cm³/mol. The van der Waals surface area contributed by atoms with Crippen molar-refractivity contribution in [2.45, 2.75) is 19.3 Å². The van der Waals surface area contributed by atoms with Gasteiger partial charge in [-0.2, -0.15) is 0 Å². The monoisotopic (exact) mass is 338 g/mol. The lowest BCUT2D eigenvalue weighted by atomic mass is 10.2. The van der Waals surface area contributed by atoms with Crippen LogP contribution in [0.5, 0.6) is 11.5 Å². The van der Waals surface area contributed by atoms with Crippen LogP contribution in [-0.4, -0.2) is 15.8 Å². The Morgan fingerprint density at radius 1 is 1.04 bits per heavy atom. The third-order valence-electron chi connectivity index (χ3n) is 3.72. The first-order valence-electron chi connectivity index (χ1n) is 7.06. The minimum absolute atomic E-state index is 0.0944. The van der Waals surface area contributed by atoms with Crippen LogP contribution in [0.25, 0.3) is 11.0 Å². The Morgan fingerprint density at radius 3 is 2.62 bits per heavy atom. The Hall–Kier alpha value is -2.77. The summed E-state index contributed by atoms with van der Waals surface area (Å²) >= 11 is 0. The number of alkyl halides is 4. The number of rotatable bonds is 3. The molecule has 2 aromatic carbocycles. The normalized spacial score (nSPS) is 15.4. The third kappa shape index (κ3) is 2.34. The fourth-order valence-corrected chi connectivity index (χ4v) is 2.75. The Balaban J connectivity index is 1.82. The summed E-state index contributed by atoms with van der Waals surface area (Å²) in [7, 11) is 0. The Morgan fingerprint density at radius 2 is 1.83 bits per heavy atom. The zero-order chi connectivity index (χ0) is 16.9. The van der Waals surface area contributed by atoms with Crippen LogP contribution in [0.2, 0.25) is 0 Å². The van der Waals surface area contributed by atoms with Crippen LogP contribution in [0.1, 0.15) is 17.8 Å². The molecule has 0 fully saturated rings. The second kappa shape index (κ2) is 5.12. The molecule has 4 rings (SSSR count). The SMILES string of the molecule is FC(F)c1nc2ccccc2n1Cc1cccc2c1OC(F)(F)O2. The summed E-state index contributed by atoms with van der Waals surface area (Å²) in [6.07, 6.45) is -6.56. The van der Waals surface area contributed by atoms with E-state index < -0.39 is 18.5 Å². The number of benzene rings is 2. The maximum absolute atomic E-state index is 13.3. The number of hydrogen-bond acceptors (Lipinski definition) is 3. The number of halogens is 4. The van der Waals surface area contributed by atoms with Gasteiger partial charge in [0.05, 0.1) is 17.6 Å². The van der Waals surface area contributed by atoms with Gasteiger partial charge in [0.1, 0.15) is 0 Å². The van der Waals surface area contributed by atoms with E-state index >= 15 is 0 Å². The van der Waals surface area contributed by atoms with Crippen LogP contribution in [0.3, 0.4) is 0 Å². The van der Waals surface area contributed by atoms with E-state index in [1.807, 2.05) is 0 Å². The zero-order valence-corrected chi connectivity index (χ0v) is 12.0. The summed E-state index contributed by atoms with van der Waals surface area (Å²) < 4.78 is 63.3. The minimum Gasteiger partial charge on any atom is -0.395 e. The summed E-state index contributed by atoms with van der Waals surface area (Å²) in [5.41, 5.74) is 1.19. The van der Waals surface area contributed by atoms with Crippen molar-refractivity contribution < 1.29 is 27.0 Å². The van der Waals surface area contributed by atoms with Crippen LogP contribution in [0, 0.1) is 0 Å². The van der Waals surface area contributed by atoms with Crippen LogP contribution in [0.15, 0.2) is 42.5 Å². The number of para-hydroxylation sites is 3. The number of ether oxygens (including phenoxy) is 2. The molecule has 2 heterocycles. The van der Waals surface area contributed by atoms with Gasteiger partial charge in [-0.3, -0.25) is 0 Å². The number of imidazole rings is 1. The molecule has 0 saturated carbocycles. The largest absolute Gasteiger partial charge is 0.586 e. The van der Waals surface area contributed by atoms with Crippen molar-refractivity contribution in [3.63, 3.8) is 0 Å². The lowest BCUT2D eigenvalue weighted by Gasteiger charge is -2.11. The van der Waals surface area contributed by atoms with E-state index in [1.54, 1.807) is 24.3 Å². The molecule has 1 aromatic heterocycles. The first-order chi connectivity index (χ1) is 11.4. The molecule has 24 heavy (non-hydrogen) atoms. The fraction of sp³-hybridized carbons (Fsp3) is 0.188. The molecule has 124 valence electrons. The van der Waals surface area contributed by atoms with Gasteiger partial charge in [0.25, 0.3) is 6.43 Å². The topological polar surface area (TPSA) is 36.3 Å². The molecule has 0 saturated heterocycles. The standard InChI is InChI=1S/C16H10F4N2O2/c17-14(18)15-21-10-5-1-2-6-11(10)22(15)8-9-4-3-7-12-13(9)24-16(19,20)23-12/h1-7,14H,8H2. The van der Waals surface area contributed by atoms with Gasteiger partial charge in [-0.1, -0.05) is 24.3 Å². The maximum Gasteiger partial charge on any atom is 0.586 e. The lowest BCUT2D eigenvalue weighted by Crippen LogP contribution is -2.26. The van der Waals surface area contributed by atoms with Crippen molar-refractivity contribution in [2.75, 3.05) is 0 Å². The average molecular weight is 338 g/mol. The van der Waals surface area contributed by atoms with Gasteiger partial charge >= 0.3 is 6.29 Å². The van der Waals surface area contributed by atoms with E-state index in [-0.39, 0.29) is 18.0 Å². The van der Waals surface area contributed by atoms with Crippen LogP contribution in [-0.2, 0) is 6.54 Å². The number of nitrogens with zero attached hydrogens (tertiary/aromatic N) is 2. The highest BCUT2D eigenvalue weighted by molar-refractivity contribution is 5.76. The smallest absolute Gasteiger partial charge is 0.395 e. The van der Waals surface area contributed by atoms with Crippen molar-refractivity contribution in [3.05, 3.63) is 53.9 Å². The second-order valence-electron chi connectivity index (χ2n) is 5.26. The molecule has 0 spiro atoms. The van der Waals surface area contributed by atoms with Crippen molar-refractivity contribution in [2.24, 2.45) is 0 Å². The van der Waals surface area contributed by atoms with Crippen molar-refractivity contribution >= 4 is 11.0 Å². The van der Waals surface area contributed by atoms with E-state index in [2.05, 4.69) is 14.5 Å². The highest BCUT2D eigenvalue weighted by Gasteiger charge is 2.44. The van der Waals surface area contributed by atoms with Crippen molar-refractivity contribution in [1.82, 2.24) is 9.55 Å². The van der Waals surface area contributed by atoms with E-state index in [1.165, 1.54) is 22.8 Å². The highest BCUT2D eigenvalue weighted by Crippen LogP contribution is 2.43. The molecule has 0 radical (unpaired) electrons. The number of fused-ring (bicyclic) bond motifs is 2. The molecule has 4 nitrogen and oxygen atoms in total. The molecular formula is C16H10F4N2O2. The van der Waals surface area contributed by atoms with Crippen LogP contribution >= 0.6 is 0 Å². The molecule has 8 heteroatoms. The molecule has 1 aliphatic rings. The molecule has 3 aromatic rings. The summed E-state index contributed by atoms with van der Waals surface area (Å²) in [5.74, 6) is -0.708. The van der Waals surface area contributed by atoms with Gasteiger partial charge in [0.15, 0.2) is 17.3 Å². The molecular weight excluding hydrogens is 328 g/mol. The summed E-state index contributed by atoms with van der Waals surface area (Å²) in [6, 6.07) is 11.0. The second-order valence-corrected chi connectivity index (χ2v) is 5.26. The molecule has 0 unspecified atom stereocenters. The summed E-state index contributed by atoms with van der Waals surface area (Å²) in [4.78, 5) is 3.92. The van der Waals surface area contributed by atoms with Crippen LogP contribution in [0.4, 0.5) is 17.6 Å². The zero-order valence-electron chi connectivity index (χ0n) is 12.0. The predicted octanol–water partition coefficient (Wildman–Crippen LogP) is 4.34. The summed E-state index contributed by atoms with van der Waals surface area (Å²) in [6.45, 7) is -0.0944. The molecule has 1 aliphatic heterocycles. The third-order valence-corrected chi connectivity index (χ3v) is 3.72.